The Bertz CT molecular complexity index is 1180. The molecule has 4 rings (SSSR count). The van der Waals surface area contributed by atoms with Gasteiger partial charge < -0.3 is 4.74 Å². The molecule has 1 aliphatic rings. The topological polar surface area (TPSA) is 9.23 Å². The molecule has 0 radical (unpaired) electrons. The van der Waals surface area contributed by atoms with Crippen molar-refractivity contribution in [3.8, 4) is 16.9 Å². The van der Waals surface area contributed by atoms with Crippen LogP contribution in [0.4, 0.5) is 26.3 Å². The summed E-state index contributed by atoms with van der Waals surface area (Å²) in [5.41, 5.74) is 1.03. The number of ether oxygens (including phenoxy) is 1. The standard InChI is InChI=1S/C30H30F6O/c1-2-3-19-4-8-21(9-5-19)22-10-6-20(7-11-22)14-15-30(35,36)37-24-17-27(33)29(28(34)18-24)23-12-13-25(31)26(32)16-23/h6-7,10-13,16-19,21H,2-5,8-9,14-15H2,1H3. The van der Waals surface area contributed by atoms with E-state index in [9.17, 15) is 26.3 Å². The quantitative estimate of drug-likeness (QED) is 0.255. The van der Waals surface area contributed by atoms with Gasteiger partial charge in [-0.15, -0.1) is 0 Å². The highest BCUT2D eigenvalue weighted by atomic mass is 19.3. The molecule has 1 nitrogen and oxygen atoms in total. The van der Waals surface area contributed by atoms with E-state index < -0.39 is 47.1 Å². The van der Waals surface area contributed by atoms with Gasteiger partial charge in [-0.05, 0) is 72.8 Å². The van der Waals surface area contributed by atoms with Crippen molar-refractivity contribution >= 4 is 0 Å². The third kappa shape index (κ3) is 6.88. The van der Waals surface area contributed by atoms with Crippen LogP contribution >= 0.6 is 0 Å². The highest BCUT2D eigenvalue weighted by Crippen LogP contribution is 2.38. The summed E-state index contributed by atoms with van der Waals surface area (Å²) in [6.45, 7) is 2.21. The van der Waals surface area contributed by atoms with Crippen molar-refractivity contribution in [1.82, 2.24) is 0 Å². The normalized spacial score (nSPS) is 18.1. The van der Waals surface area contributed by atoms with Gasteiger partial charge in [-0.1, -0.05) is 50.1 Å². The summed E-state index contributed by atoms with van der Waals surface area (Å²) in [4.78, 5) is 0. The lowest BCUT2D eigenvalue weighted by atomic mass is 9.77. The number of hydrogen-bond acceptors (Lipinski definition) is 1. The number of aryl methyl sites for hydroxylation is 1. The third-order valence-electron chi connectivity index (χ3n) is 7.19. The first-order chi connectivity index (χ1) is 17.6. The lowest BCUT2D eigenvalue weighted by molar-refractivity contribution is -0.180. The third-order valence-corrected chi connectivity index (χ3v) is 7.19. The average Bonchev–Trinajstić information content (AvgIpc) is 2.85. The van der Waals surface area contributed by atoms with E-state index in [1.165, 1.54) is 31.2 Å². The van der Waals surface area contributed by atoms with E-state index in [4.69, 9.17) is 0 Å². The fourth-order valence-electron chi connectivity index (χ4n) is 5.20. The first-order valence-corrected chi connectivity index (χ1v) is 12.8. The van der Waals surface area contributed by atoms with Crippen LogP contribution in [0.1, 0.15) is 68.9 Å². The molecule has 0 aliphatic heterocycles. The summed E-state index contributed by atoms with van der Waals surface area (Å²) in [7, 11) is 0. The minimum atomic E-state index is -3.67. The van der Waals surface area contributed by atoms with Crippen molar-refractivity contribution in [1.29, 1.82) is 0 Å². The molecule has 0 aromatic heterocycles. The van der Waals surface area contributed by atoms with Gasteiger partial charge in [0.25, 0.3) is 0 Å². The highest BCUT2D eigenvalue weighted by Gasteiger charge is 2.32. The molecule has 0 atom stereocenters. The maximum atomic E-state index is 14.5. The van der Waals surface area contributed by atoms with Crippen LogP contribution in [0.3, 0.4) is 0 Å². The first kappa shape index (κ1) is 27.1. The number of halogens is 6. The van der Waals surface area contributed by atoms with Gasteiger partial charge in [-0.25, -0.2) is 17.6 Å². The zero-order valence-electron chi connectivity index (χ0n) is 20.7. The summed E-state index contributed by atoms with van der Waals surface area (Å²) in [6.07, 6.45) is 2.93. The van der Waals surface area contributed by atoms with E-state index in [1.807, 2.05) is 24.3 Å². The summed E-state index contributed by atoms with van der Waals surface area (Å²) in [5, 5.41) is 0. The Morgan fingerprint density at radius 2 is 1.43 bits per heavy atom. The Morgan fingerprint density at radius 3 is 2.03 bits per heavy atom. The van der Waals surface area contributed by atoms with E-state index in [0.29, 0.717) is 24.1 Å². The summed E-state index contributed by atoms with van der Waals surface area (Å²) in [5.74, 6) is -4.28. The molecule has 0 N–H and O–H groups in total. The van der Waals surface area contributed by atoms with E-state index in [-0.39, 0.29) is 12.0 Å². The molecule has 0 amide bonds. The summed E-state index contributed by atoms with van der Waals surface area (Å²) >= 11 is 0. The predicted octanol–water partition coefficient (Wildman–Crippen LogP) is 9.59. The van der Waals surface area contributed by atoms with Crippen LogP contribution in [0.15, 0.2) is 54.6 Å². The van der Waals surface area contributed by atoms with Crippen LogP contribution in [0.2, 0.25) is 0 Å². The van der Waals surface area contributed by atoms with Gasteiger partial charge in [0.2, 0.25) is 0 Å². The van der Waals surface area contributed by atoms with Gasteiger partial charge in [0, 0.05) is 12.1 Å². The Balaban J connectivity index is 1.35. The molecular weight excluding hydrogens is 490 g/mol. The fraction of sp³-hybridized carbons (Fsp3) is 0.400. The Labute approximate surface area is 213 Å². The zero-order chi connectivity index (χ0) is 26.6. The van der Waals surface area contributed by atoms with Crippen LogP contribution in [0, 0.1) is 29.2 Å². The Hall–Kier alpha value is -2.96. The maximum Gasteiger partial charge on any atom is 0.398 e. The summed E-state index contributed by atoms with van der Waals surface area (Å²) in [6, 6.07) is 11.3. The lowest BCUT2D eigenvalue weighted by Gasteiger charge is -2.28. The van der Waals surface area contributed by atoms with Crippen LogP contribution in [0.25, 0.3) is 11.1 Å². The van der Waals surface area contributed by atoms with Crippen molar-refractivity contribution in [2.75, 3.05) is 0 Å². The molecule has 3 aromatic rings. The molecule has 1 saturated carbocycles. The smallest absolute Gasteiger partial charge is 0.398 e. The molecule has 3 aromatic carbocycles. The monoisotopic (exact) mass is 520 g/mol. The first-order valence-electron chi connectivity index (χ1n) is 12.8. The van der Waals surface area contributed by atoms with Crippen molar-refractivity contribution in [3.63, 3.8) is 0 Å². The number of benzene rings is 3. The van der Waals surface area contributed by atoms with Crippen molar-refractivity contribution in [2.45, 2.75) is 70.3 Å². The summed E-state index contributed by atoms with van der Waals surface area (Å²) < 4.78 is 89.3. The predicted molar refractivity (Wildman–Crippen MR) is 132 cm³/mol. The van der Waals surface area contributed by atoms with Gasteiger partial charge in [0.1, 0.15) is 17.4 Å². The maximum absolute atomic E-state index is 14.5. The SMILES string of the molecule is CCCC1CCC(c2ccc(CCC(F)(F)Oc3cc(F)c(-c4ccc(F)c(F)c4)c(F)c3)cc2)CC1. The Morgan fingerprint density at radius 1 is 0.784 bits per heavy atom. The minimum Gasteiger partial charge on any atom is -0.432 e. The lowest BCUT2D eigenvalue weighted by Crippen LogP contribution is -2.25. The van der Waals surface area contributed by atoms with Crippen LogP contribution in [-0.2, 0) is 6.42 Å². The fourth-order valence-corrected chi connectivity index (χ4v) is 5.20. The largest absolute Gasteiger partial charge is 0.432 e. The molecular formula is C30H30F6O. The van der Waals surface area contributed by atoms with Crippen molar-refractivity contribution < 1.29 is 31.1 Å². The van der Waals surface area contributed by atoms with Crippen LogP contribution in [0.5, 0.6) is 5.75 Å². The molecule has 0 spiro atoms. The number of hydrogen-bond donors (Lipinski definition) is 0. The van der Waals surface area contributed by atoms with Gasteiger partial charge >= 0.3 is 6.11 Å². The highest BCUT2D eigenvalue weighted by molar-refractivity contribution is 5.66. The van der Waals surface area contributed by atoms with E-state index in [0.717, 1.165) is 36.5 Å². The van der Waals surface area contributed by atoms with Crippen LogP contribution < -0.4 is 4.74 Å². The Kier molecular flexibility index (Phi) is 8.50. The minimum absolute atomic E-state index is 0.0222. The molecule has 1 fully saturated rings. The molecule has 7 heteroatoms. The second-order valence-corrected chi connectivity index (χ2v) is 9.88. The molecule has 0 bridgehead atoms. The van der Waals surface area contributed by atoms with Crippen molar-refractivity contribution in [3.05, 3.63) is 89.0 Å². The van der Waals surface area contributed by atoms with E-state index in [2.05, 4.69) is 11.7 Å². The molecule has 37 heavy (non-hydrogen) atoms. The van der Waals surface area contributed by atoms with Gasteiger partial charge in [0.05, 0.1) is 12.0 Å². The zero-order valence-corrected chi connectivity index (χ0v) is 20.7. The molecule has 0 unspecified atom stereocenters. The van der Waals surface area contributed by atoms with Gasteiger partial charge in [-0.2, -0.15) is 8.78 Å². The van der Waals surface area contributed by atoms with Crippen molar-refractivity contribution in [2.24, 2.45) is 5.92 Å². The molecule has 0 saturated heterocycles. The number of rotatable bonds is 9. The van der Waals surface area contributed by atoms with Crippen LogP contribution in [-0.4, -0.2) is 6.11 Å². The average molecular weight is 521 g/mol. The molecule has 0 heterocycles. The van der Waals surface area contributed by atoms with E-state index >= 15 is 0 Å². The molecule has 1 aliphatic carbocycles. The van der Waals surface area contributed by atoms with E-state index in [1.54, 1.807) is 0 Å². The second kappa shape index (κ2) is 11.6. The molecule has 198 valence electrons. The van der Waals surface area contributed by atoms with Gasteiger partial charge in [-0.3, -0.25) is 0 Å². The second-order valence-electron chi connectivity index (χ2n) is 9.88. The number of alkyl halides is 2. The van der Waals surface area contributed by atoms with Gasteiger partial charge in [0.15, 0.2) is 11.6 Å².